The average molecular weight is 268 g/mol. The molecular weight excluding hydrogens is 252 g/mol. The number of benzene rings is 1. The van der Waals surface area contributed by atoms with E-state index in [1.165, 1.54) is 0 Å². The molecule has 1 aliphatic rings. The lowest BCUT2D eigenvalue weighted by atomic mass is 10.2. The zero-order valence-electron chi connectivity index (χ0n) is 11.3. The molecule has 2 heterocycles. The molecule has 0 bridgehead atoms. The van der Waals surface area contributed by atoms with E-state index in [9.17, 15) is 4.79 Å². The molecule has 0 spiro atoms. The number of nitrogens with zero attached hydrogens (tertiary/aromatic N) is 2. The number of fused-ring (bicyclic) bond motifs is 1. The Hall–Kier alpha value is -2.40. The SMILES string of the molecule is CNCc1ccc(N2CC(=O)Nc3ccccc32)nc1. The van der Waals surface area contributed by atoms with Gasteiger partial charge in [-0.3, -0.25) is 4.79 Å². The second kappa shape index (κ2) is 5.30. The number of rotatable bonds is 3. The number of amides is 1. The van der Waals surface area contributed by atoms with Gasteiger partial charge in [0.2, 0.25) is 5.91 Å². The van der Waals surface area contributed by atoms with Crippen LogP contribution in [-0.4, -0.2) is 24.5 Å². The van der Waals surface area contributed by atoms with Gasteiger partial charge in [-0.25, -0.2) is 4.98 Å². The number of aromatic nitrogens is 1. The fourth-order valence-corrected chi connectivity index (χ4v) is 2.32. The van der Waals surface area contributed by atoms with Crippen molar-refractivity contribution in [1.29, 1.82) is 0 Å². The molecule has 1 amide bonds. The van der Waals surface area contributed by atoms with Crippen LogP contribution in [0.1, 0.15) is 5.56 Å². The highest BCUT2D eigenvalue weighted by Gasteiger charge is 2.23. The molecule has 0 fully saturated rings. The van der Waals surface area contributed by atoms with Crippen molar-refractivity contribution in [2.45, 2.75) is 6.54 Å². The lowest BCUT2D eigenvalue weighted by molar-refractivity contribution is -0.115. The van der Waals surface area contributed by atoms with Gasteiger partial charge in [0.15, 0.2) is 0 Å². The van der Waals surface area contributed by atoms with Gasteiger partial charge in [0, 0.05) is 12.7 Å². The summed E-state index contributed by atoms with van der Waals surface area (Å²) in [4.78, 5) is 18.2. The molecule has 5 heteroatoms. The summed E-state index contributed by atoms with van der Waals surface area (Å²) in [5.41, 5.74) is 2.91. The molecule has 0 aliphatic carbocycles. The quantitative estimate of drug-likeness (QED) is 0.892. The van der Waals surface area contributed by atoms with Crippen LogP contribution in [0.5, 0.6) is 0 Å². The van der Waals surface area contributed by atoms with E-state index in [4.69, 9.17) is 0 Å². The van der Waals surface area contributed by atoms with Crippen molar-refractivity contribution in [1.82, 2.24) is 10.3 Å². The van der Waals surface area contributed by atoms with Crippen molar-refractivity contribution >= 4 is 23.1 Å². The molecule has 0 saturated carbocycles. The first-order valence-corrected chi connectivity index (χ1v) is 6.54. The van der Waals surface area contributed by atoms with Gasteiger partial charge in [0.25, 0.3) is 0 Å². The maximum atomic E-state index is 11.8. The molecule has 3 rings (SSSR count). The minimum absolute atomic E-state index is 0.0233. The van der Waals surface area contributed by atoms with Gasteiger partial charge in [-0.1, -0.05) is 18.2 Å². The van der Waals surface area contributed by atoms with Crippen LogP contribution in [0.2, 0.25) is 0 Å². The van der Waals surface area contributed by atoms with Gasteiger partial charge in [0.1, 0.15) is 12.4 Å². The third-order valence-electron chi connectivity index (χ3n) is 3.24. The first-order chi connectivity index (χ1) is 9.78. The number of hydrogen-bond acceptors (Lipinski definition) is 4. The Bertz CT molecular complexity index is 624. The Kier molecular flexibility index (Phi) is 3.35. The van der Waals surface area contributed by atoms with E-state index in [1.807, 2.05) is 54.5 Å². The van der Waals surface area contributed by atoms with E-state index in [0.717, 1.165) is 29.3 Å². The van der Waals surface area contributed by atoms with Crippen molar-refractivity contribution in [3.05, 3.63) is 48.2 Å². The Balaban J connectivity index is 1.95. The summed E-state index contributed by atoms with van der Waals surface area (Å²) in [6.45, 7) is 1.07. The van der Waals surface area contributed by atoms with E-state index in [0.29, 0.717) is 0 Å². The smallest absolute Gasteiger partial charge is 0.244 e. The number of hydrogen-bond donors (Lipinski definition) is 2. The summed E-state index contributed by atoms with van der Waals surface area (Å²) in [5.74, 6) is 0.761. The minimum Gasteiger partial charge on any atom is -0.323 e. The fourth-order valence-electron chi connectivity index (χ4n) is 2.32. The predicted molar refractivity (Wildman–Crippen MR) is 79.1 cm³/mol. The number of nitrogens with one attached hydrogen (secondary N) is 2. The first kappa shape index (κ1) is 12.6. The van der Waals surface area contributed by atoms with Crippen LogP contribution < -0.4 is 15.5 Å². The monoisotopic (exact) mass is 268 g/mol. The fraction of sp³-hybridized carbons (Fsp3) is 0.200. The molecule has 5 nitrogen and oxygen atoms in total. The highest BCUT2D eigenvalue weighted by atomic mass is 16.2. The third kappa shape index (κ3) is 2.35. The van der Waals surface area contributed by atoms with Crippen molar-refractivity contribution in [2.24, 2.45) is 0 Å². The first-order valence-electron chi connectivity index (χ1n) is 6.54. The van der Waals surface area contributed by atoms with Crippen molar-refractivity contribution in [3.63, 3.8) is 0 Å². The molecule has 1 aliphatic heterocycles. The molecule has 1 aromatic carbocycles. The van der Waals surface area contributed by atoms with Gasteiger partial charge in [0.05, 0.1) is 11.4 Å². The topological polar surface area (TPSA) is 57.3 Å². The van der Waals surface area contributed by atoms with Gasteiger partial charge in [-0.05, 0) is 30.8 Å². The van der Waals surface area contributed by atoms with Gasteiger partial charge >= 0.3 is 0 Å². The lowest BCUT2D eigenvalue weighted by Gasteiger charge is -2.30. The maximum Gasteiger partial charge on any atom is 0.244 e. The largest absolute Gasteiger partial charge is 0.323 e. The summed E-state index contributed by atoms with van der Waals surface area (Å²) < 4.78 is 0. The van der Waals surface area contributed by atoms with Crippen LogP contribution in [0, 0.1) is 0 Å². The summed E-state index contributed by atoms with van der Waals surface area (Å²) in [6.07, 6.45) is 1.83. The summed E-state index contributed by atoms with van der Waals surface area (Å²) >= 11 is 0. The second-order valence-electron chi connectivity index (χ2n) is 4.71. The molecule has 102 valence electrons. The zero-order valence-corrected chi connectivity index (χ0v) is 11.3. The van der Waals surface area contributed by atoms with Crippen LogP contribution >= 0.6 is 0 Å². The molecular formula is C15H16N4O. The summed E-state index contributed by atoms with van der Waals surface area (Å²) in [7, 11) is 1.90. The second-order valence-corrected chi connectivity index (χ2v) is 4.71. The Morgan fingerprint density at radius 3 is 2.90 bits per heavy atom. The van der Waals surface area contributed by atoms with E-state index < -0.39 is 0 Å². The van der Waals surface area contributed by atoms with Crippen molar-refractivity contribution < 1.29 is 4.79 Å². The Labute approximate surface area is 117 Å². The Morgan fingerprint density at radius 2 is 2.15 bits per heavy atom. The zero-order chi connectivity index (χ0) is 13.9. The predicted octanol–water partition coefficient (Wildman–Crippen LogP) is 1.89. The highest BCUT2D eigenvalue weighted by Crippen LogP contribution is 2.33. The van der Waals surface area contributed by atoms with Crippen molar-refractivity contribution in [2.75, 3.05) is 23.8 Å². The minimum atomic E-state index is -0.0233. The molecule has 0 radical (unpaired) electrons. The number of anilines is 3. The number of carbonyl (C=O) groups excluding carboxylic acids is 1. The summed E-state index contributed by atoms with van der Waals surface area (Å²) in [5, 5.41) is 5.96. The number of pyridine rings is 1. The van der Waals surface area contributed by atoms with E-state index in [2.05, 4.69) is 15.6 Å². The Morgan fingerprint density at radius 1 is 1.30 bits per heavy atom. The number of carbonyl (C=O) groups is 1. The van der Waals surface area contributed by atoms with Crippen LogP contribution in [0.4, 0.5) is 17.2 Å². The van der Waals surface area contributed by atoms with Crippen LogP contribution in [0.15, 0.2) is 42.6 Å². The lowest BCUT2D eigenvalue weighted by Crippen LogP contribution is -2.35. The standard InChI is InChI=1S/C15H16N4O/c1-16-8-11-6-7-14(17-9-11)19-10-15(20)18-12-4-2-3-5-13(12)19/h2-7,9,16H,8,10H2,1H3,(H,18,20). The van der Waals surface area contributed by atoms with Crippen LogP contribution in [-0.2, 0) is 11.3 Å². The van der Waals surface area contributed by atoms with Gasteiger partial charge in [-0.15, -0.1) is 0 Å². The average Bonchev–Trinajstić information content (AvgIpc) is 2.47. The normalized spacial score (nSPS) is 13.8. The van der Waals surface area contributed by atoms with Crippen LogP contribution in [0.3, 0.4) is 0 Å². The molecule has 0 unspecified atom stereocenters. The van der Waals surface area contributed by atoms with E-state index in [-0.39, 0.29) is 12.5 Å². The molecule has 2 N–H and O–H groups in total. The summed E-state index contributed by atoms with van der Waals surface area (Å²) in [6, 6.07) is 11.7. The number of para-hydroxylation sites is 2. The van der Waals surface area contributed by atoms with E-state index >= 15 is 0 Å². The molecule has 1 aromatic heterocycles. The third-order valence-corrected chi connectivity index (χ3v) is 3.24. The molecule has 0 atom stereocenters. The van der Waals surface area contributed by atoms with Crippen molar-refractivity contribution in [3.8, 4) is 0 Å². The van der Waals surface area contributed by atoms with E-state index in [1.54, 1.807) is 0 Å². The molecule has 20 heavy (non-hydrogen) atoms. The van der Waals surface area contributed by atoms with Crippen LogP contribution in [0.25, 0.3) is 0 Å². The molecule has 0 saturated heterocycles. The maximum absolute atomic E-state index is 11.8. The highest BCUT2D eigenvalue weighted by molar-refractivity contribution is 6.02. The van der Waals surface area contributed by atoms with Gasteiger partial charge < -0.3 is 15.5 Å². The molecule has 2 aromatic rings. The van der Waals surface area contributed by atoms with Gasteiger partial charge in [-0.2, -0.15) is 0 Å².